The lowest BCUT2D eigenvalue weighted by molar-refractivity contribution is 0.414. The van der Waals surface area contributed by atoms with Gasteiger partial charge in [-0.25, -0.2) is 8.42 Å². The van der Waals surface area contributed by atoms with E-state index in [-0.39, 0.29) is 15.0 Å². The summed E-state index contributed by atoms with van der Waals surface area (Å²) in [6.07, 6.45) is 1.73. The van der Waals surface area contributed by atoms with Crippen molar-refractivity contribution in [2.75, 3.05) is 17.6 Å². The zero-order valence-electron chi connectivity index (χ0n) is 11.4. The second-order valence-corrected chi connectivity index (χ2v) is 8.21. The van der Waals surface area contributed by atoms with Crippen LogP contribution in [0.4, 0.5) is 5.13 Å². The summed E-state index contributed by atoms with van der Waals surface area (Å²) in [6, 6.07) is 4.21. The third-order valence-corrected chi connectivity index (χ3v) is 6.12. The number of halogens is 1. The molecule has 2 aromatic rings. The largest absolute Gasteiger partial charge is 0.495 e. The number of nitrogens with zero attached hydrogens (tertiary/aromatic N) is 2. The van der Waals surface area contributed by atoms with Crippen LogP contribution in [0.3, 0.4) is 0 Å². The van der Waals surface area contributed by atoms with Crippen molar-refractivity contribution in [3.05, 3.63) is 35.9 Å². The Labute approximate surface area is 141 Å². The quantitative estimate of drug-likeness (QED) is 0.589. The number of hydrogen-bond acceptors (Lipinski definition) is 7. The van der Waals surface area contributed by atoms with E-state index >= 15 is 0 Å². The lowest BCUT2D eigenvalue weighted by Gasteiger charge is -2.07. The molecule has 1 N–H and O–H groups in total. The van der Waals surface area contributed by atoms with E-state index in [2.05, 4.69) is 21.5 Å². The Balaban J connectivity index is 2.18. The van der Waals surface area contributed by atoms with Crippen LogP contribution >= 0.6 is 34.7 Å². The number of ether oxygens (including phenoxy) is 1. The predicted molar refractivity (Wildman–Crippen MR) is 89.6 cm³/mol. The molecule has 0 unspecified atom stereocenters. The molecule has 0 atom stereocenters. The molecule has 22 heavy (non-hydrogen) atoms. The SMILES string of the molecule is C=CCSc1nnc(NS(=O)(=O)c2ccc(OC)c(Cl)c2)s1. The topological polar surface area (TPSA) is 81.2 Å². The van der Waals surface area contributed by atoms with E-state index in [0.717, 1.165) is 11.3 Å². The molecular formula is C12H12ClN3O3S3. The van der Waals surface area contributed by atoms with Crippen LogP contribution in [0.1, 0.15) is 0 Å². The second-order valence-electron chi connectivity index (χ2n) is 3.87. The maximum Gasteiger partial charge on any atom is 0.263 e. The molecule has 0 spiro atoms. The Kier molecular flexibility index (Phi) is 5.68. The first-order valence-electron chi connectivity index (χ1n) is 5.90. The molecule has 0 aliphatic heterocycles. The number of nitrogens with one attached hydrogen (secondary N) is 1. The Bertz CT molecular complexity index is 777. The predicted octanol–water partition coefficient (Wildman–Crippen LogP) is 3.28. The second kappa shape index (κ2) is 7.32. The molecule has 1 aromatic carbocycles. The molecule has 10 heteroatoms. The molecule has 0 saturated heterocycles. The Morgan fingerprint density at radius 1 is 1.50 bits per heavy atom. The van der Waals surface area contributed by atoms with Crippen LogP contribution in [0.5, 0.6) is 5.75 Å². The van der Waals surface area contributed by atoms with Gasteiger partial charge in [0.05, 0.1) is 17.0 Å². The molecule has 0 aliphatic rings. The molecule has 2 rings (SSSR count). The maximum atomic E-state index is 12.3. The molecule has 1 heterocycles. The van der Waals surface area contributed by atoms with Gasteiger partial charge >= 0.3 is 0 Å². The van der Waals surface area contributed by atoms with E-state index in [0.29, 0.717) is 15.8 Å². The van der Waals surface area contributed by atoms with Gasteiger partial charge in [0.1, 0.15) is 5.75 Å². The standard InChI is InChI=1S/C12H12ClN3O3S3/c1-3-6-20-12-15-14-11(21-12)16-22(17,18)8-4-5-10(19-2)9(13)7-8/h3-5,7H,1,6H2,2H3,(H,14,16). The average Bonchev–Trinajstić information content (AvgIpc) is 2.91. The minimum atomic E-state index is -3.78. The van der Waals surface area contributed by atoms with Crippen molar-refractivity contribution < 1.29 is 13.2 Å². The summed E-state index contributed by atoms with van der Waals surface area (Å²) in [6.45, 7) is 3.61. The number of thioether (sulfide) groups is 1. The lowest BCUT2D eigenvalue weighted by Crippen LogP contribution is -2.12. The van der Waals surface area contributed by atoms with Gasteiger partial charge in [-0.15, -0.1) is 16.8 Å². The van der Waals surface area contributed by atoms with Gasteiger partial charge < -0.3 is 4.74 Å². The van der Waals surface area contributed by atoms with Crippen LogP contribution < -0.4 is 9.46 Å². The number of benzene rings is 1. The summed E-state index contributed by atoms with van der Waals surface area (Å²) >= 11 is 8.52. The number of aromatic nitrogens is 2. The summed E-state index contributed by atoms with van der Waals surface area (Å²) in [5, 5.41) is 8.09. The molecule has 1 aromatic heterocycles. The van der Waals surface area contributed by atoms with Crippen molar-refractivity contribution in [1.82, 2.24) is 10.2 Å². The van der Waals surface area contributed by atoms with E-state index in [1.54, 1.807) is 6.08 Å². The maximum absolute atomic E-state index is 12.3. The Hall–Kier alpha value is -1.29. The van der Waals surface area contributed by atoms with Gasteiger partial charge in [0, 0.05) is 5.75 Å². The molecule has 0 aliphatic carbocycles. The van der Waals surface area contributed by atoms with E-state index in [4.69, 9.17) is 16.3 Å². The van der Waals surface area contributed by atoms with Crippen LogP contribution in [-0.2, 0) is 10.0 Å². The molecule has 0 radical (unpaired) electrons. The van der Waals surface area contributed by atoms with Crippen LogP contribution in [0.25, 0.3) is 0 Å². The monoisotopic (exact) mass is 377 g/mol. The number of rotatable bonds is 7. The molecule has 118 valence electrons. The van der Waals surface area contributed by atoms with Gasteiger partial charge in [0.2, 0.25) is 5.13 Å². The van der Waals surface area contributed by atoms with Crippen molar-refractivity contribution in [1.29, 1.82) is 0 Å². The van der Waals surface area contributed by atoms with Gasteiger partial charge in [0.15, 0.2) is 4.34 Å². The summed E-state index contributed by atoms with van der Waals surface area (Å²) in [5.41, 5.74) is 0. The minimum absolute atomic E-state index is 0.0220. The zero-order chi connectivity index (χ0) is 16.2. The highest BCUT2D eigenvalue weighted by Gasteiger charge is 2.18. The van der Waals surface area contributed by atoms with Gasteiger partial charge in [-0.3, -0.25) is 4.72 Å². The number of methoxy groups -OCH3 is 1. The van der Waals surface area contributed by atoms with Crippen LogP contribution in [0.15, 0.2) is 40.1 Å². The van der Waals surface area contributed by atoms with Crippen LogP contribution in [0, 0.1) is 0 Å². The van der Waals surface area contributed by atoms with Crippen LogP contribution in [0.2, 0.25) is 5.02 Å². The van der Waals surface area contributed by atoms with Gasteiger partial charge in [0.25, 0.3) is 10.0 Å². The summed E-state index contributed by atoms with van der Waals surface area (Å²) in [4.78, 5) is 0.0220. The minimum Gasteiger partial charge on any atom is -0.495 e. The fraction of sp³-hybridized carbons (Fsp3) is 0.167. The zero-order valence-corrected chi connectivity index (χ0v) is 14.7. The Morgan fingerprint density at radius 3 is 2.91 bits per heavy atom. The van der Waals surface area contributed by atoms with E-state index < -0.39 is 10.0 Å². The highest BCUT2D eigenvalue weighted by atomic mass is 35.5. The van der Waals surface area contributed by atoms with Gasteiger partial charge in [-0.2, -0.15) is 0 Å². The van der Waals surface area contributed by atoms with E-state index in [1.807, 2.05) is 0 Å². The number of hydrogen-bond donors (Lipinski definition) is 1. The normalized spacial score (nSPS) is 11.2. The molecule has 0 fully saturated rings. The first kappa shape index (κ1) is 17.1. The fourth-order valence-corrected chi connectivity index (χ4v) is 4.52. The molecule has 6 nitrogen and oxygen atoms in total. The van der Waals surface area contributed by atoms with E-state index in [1.165, 1.54) is 37.1 Å². The van der Waals surface area contributed by atoms with Crippen LogP contribution in [-0.4, -0.2) is 31.5 Å². The number of sulfonamides is 1. The summed E-state index contributed by atoms with van der Waals surface area (Å²) < 4.78 is 32.6. The fourth-order valence-electron chi connectivity index (χ4n) is 1.43. The molecule has 0 amide bonds. The third-order valence-electron chi connectivity index (χ3n) is 2.39. The van der Waals surface area contributed by atoms with Crippen molar-refractivity contribution in [3.8, 4) is 5.75 Å². The van der Waals surface area contributed by atoms with Crippen molar-refractivity contribution in [2.45, 2.75) is 9.24 Å². The van der Waals surface area contributed by atoms with E-state index in [9.17, 15) is 8.42 Å². The van der Waals surface area contributed by atoms with Crippen molar-refractivity contribution in [3.63, 3.8) is 0 Å². The summed E-state index contributed by atoms with van der Waals surface area (Å²) in [7, 11) is -2.32. The summed E-state index contributed by atoms with van der Waals surface area (Å²) in [5.74, 6) is 1.08. The average molecular weight is 378 g/mol. The molecule has 0 saturated carbocycles. The van der Waals surface area contributed by atoms with Crippen molar-refractivity contribution >= 4 is 49.9 Å². The molecule has 0 bridgehead atoms. The number of anilines is 1. The lowest BCUT2D eigenvalue weighted by atomic mass is 10.3. The molecular weight excluding hydrogens is 366 g/mol. The third kappa shape index (κ3) is 4.13. The highest BCUT2D eigenvalue weighted by molar-refractivity contribution is 8.01. The van der Waals surface area contributed by atoms with Gasteiger partial charge in [-0.05, 0) is 18.2 Å². The van der Waals surface area contributed by atoms with Gasteiger partial charge in [-0.1, -0.05) is 40.8 Å². The highest BCUT2D eigenvalue weighted by Crippen LogP contribution is 2.30. The first-order valence-corrected chi connectivity index (χ1v) is 9.56. The van der Waals surface area contributed by atoms with Crippen molar-refractivity contribution in [2.24, 2.45) is 0 Å². The smallest absolute Gasteiger partial charge is 0.263 e. The Morgan fingerprint density at radius 2 is 2.27 bits per heavy atom. The first-order chi connectivity index (χ1) is 10.5.